The van der Waals surface area contributed by atoms with Gasteiger partial charge in [0.1, 0.15) is 0 Å². The fraction of sp³-hybridized carbons (Fsp3) is 0.0625. The summed E-state index contributed by atoms with van der Waals surface area (Å²) in [5.74, 6) is 0. The van der Waals surface area contributed by atoms with Gasteiger partial charge < -0.3 is 4.42 Å². The Morgan fingerprint density at radius 1 is 1.10 bits per heavy atom. The number of benzene rings is 2. The molecular weight excluding hydrogens is 419 g/mol. The zero-order valence-corrected chi connectivity index (χ0v) is 14.8. The maximum absolute atomic E-state index is 12.4. The lowest BCUT2D eigenvalue weighted by Crippen LogP contribution is -2.06. The molecule has 2 nitrogen and oxygen atoms in total. The van der Waals surface area contributed by atoms with E-state index in [0.29, 0.717) is 16.2 Å². The van der Waals surface area contributed by atoms with Crippen molar-refractivity contribution in [2.75, 3.05) is 0 Å². The first-order valence-electron chi connectivity index (χ1n) is 6.16. The minimum Gasteiger partial charge on any atom is -0.421 e. The van der Waals surface area contributed by atoms with Crippen LogP contribution in [0.2, 0.25) is 5.02 Å². The van der Waals surface area contributed by atoms with Crippen LogP contribution in [0.3, 0.4) is 0 Å². The van der Waals surface area contributed by atoms with Gasteiger partial charge in [-0.05, 0) is 42.3 Å². The number of rotatable bonds is 1. The second-order valence-corrected chi connectivity index (χ2v) is 6.90. The zero-order chi connectivity index (χ0) is 15.1. The summed E-state index contributed by atoms with van der Waals surface area (Å²) in [4.78, 5) is 12.4. The van der Waals surface area contributed by atoms with Crippen molar-refractivity contribution in [1.29, 1.82) is 0 Å². The molecule has 1 aromatic heterocycles. The summed E-state index contributed by atoms with van der Waals surface area (Å²) in [6, 6.07) is 11.2. The van der Waals surface area contributed by atoms with E-state index in [1.165, 1.54) is 0 Å². The Hall–Kier alpha value is -1.10. The largest absolute Gasteiger partial charge is 0.421 e. The number of hydrogen-bond donors (Lipinski definition) is 0. The summed E-state index contributed by atoms with van der Waals surface area (Å²) in [6.45, 7) is 1.90. The minimum atomic E-state index is -0.387. The molecule has 3 rings (SSSR count). The highest BCUT2D eigenvalue weighted by atomic mass is 79.9. The highest BCUT2D eigenvalue weighted by Gasteiger charge is 2.15. The lowest BCUT2D eigenvalue weighted by molar-refractivity contribution is 0.562. The SMILES string of the molecule is Cc1c(-c2cccc(Br)c2)c(=O)oc2c(Cl)cc(Br)cc12. The molecule has 0 N–H and O–H groups in total. The summed E-state index contributed by atoms with van der Waals surface area (Å²) in [5.41, 5.74) is 2.25. The van der Waals surface area contributed by atoms with Crippen LogP contribution in [0.5, 0.6) is 0 Å². The molecule has 21 heavy (non-hydrogen) atoms. The van der Waals surface area contributed by atoms with Gasteiger partial charge in [-0.2, -0.15) is 0 Å². The quantitative estimate of drug-likeness (QED) is 0.449. The van der Waals surface area contributed by atoms with E-state index in [1.807, 2.05) is 37.3 Å². The first-order chi connectivity index (χ1) is 9.97. The summed E-state index contributed by atoms with van der Waals surface area (Å²) < 4.78 is 7.18. The summed E-state index contributed by atoms with van der Waals surface area (Å²) >= 11 is 13.0. The lowest BCUT2D eigenvalue weighted by Gasteiger charge is -2.09. The van der Waals surface area contributed by atoms with E-state index in [2.05, 4.69) is 31.9 Å². The van der Waals surface area contributed by atoms with Crippen molar-refractivity contribution in [2.24, 2.45) is 0 Å². The van der Waals surface area contributed by atoms with Crippen molar-refractivity contribution in [3.8, 4) is 11.1 Å². The molecule has 3 aromatic rings. The second kappa shape index (κ2) is 5.59. The molecule has 0 aliphatic carbocycles. The molecule has 0 bridgehead atoms. The topological polar surface area (TPSA) is 30.2 Å². The Balaban J connectivity index is 2.42. The van der Waals surface area contributed by atoms with E-state index in [1.54, 1.807) is 6.07 Å². The summed E-state index contributed by atoms with van der Waals surface area (Å²) in [6.07, 6.45) is 0. The third-order valence-electron chi connectivity index (χ3n) is 3.30. The predicted molar refractivity (Wildman–Crippen MR) is 93.1 cm³/mol. The van der Waals surface area contributed by atoms with Crippen LogP contribution < -0.4 is 5.63 Å². The number of aryl methyl sites for hydroxylation is 1. The molecule has 0 aliphatic rings. The molecule has 0 saturated carbocycles. The summed E-state index contributed by atoms with van der Waals surface area (Å²) in [7, 11) is 0. The molecule has 0 amide bonds. The van der Waals surface area contributed by atoms with Crippen molar-refractivity contribution in [3.63, 3.8) is 0 Å². The van der Waals surface area contributed by atoms with Crippen LogP contribution in [0, 0.1) is 6.92 Å². The van der Waals surface area contributed by atoms with Gasteiger partial charge in [0.05, 0.1) is 10.6 Å². The van der Waals surface area contributed by atoms with E-state index < -0.39 is 0 Å². The van der Waals surface area contributed by atoms with Gasteiger partial charge in [-0.1, -0.05) is 55.6 Å². The van der Waals surface area contributed by atoms with Gasteiger partial charge in [-0.3, -0.25) is 0 Å². The van der Waals surface area contributed by atoms with E-state index in [-0.39, 0.29) is 5.63 Å². The van der Waals surface area contributed by atoms with Gasteiger partial charge in [0, 0.05) is 14.3 Å². The second-order valence-electron chi connectivity index (χ2n) is 4.66. The standard InChI is InChI=1S/C16H9Br2ClO2/c1-8-12-6-11(18)7-13(19)15(12)21-16(20)14(8)9-3-2-4-10(17)5-9/h2-7H,1H3. The van der Waals surface area contributed by atoms with Crippen molar-refractivity contribution < 1.29 is 4.42 Å². The average molecular weight is 429 g/mol. The maximum atomic E-state index is 12.4. The fourth-order valence-electron chi connectivity index (χ4n) is 2.35. The van der Waals surface area contributed by atoms with Crippen LogP contribution in [-0.4, -0.2) is 0 Å². The normalized spacial score (nSPS) is 11.0. The third-order valence-corrected chi connectivity index (χ3v) is 4.53. The third kappa shape index (κ3) is 2.68. The molecule has 0 atom stereocenters. The molecule has 0 radical (unpaired) electrons. The molecule has 0 fully saturated rings. The van der Waals surface area contributed by atoms with E-state index in [0.717, 1.165) is 25.5 Å². The van der Waals surface area contributed by atoms with Crippen LogP contribution in [0.15, 0.2) is 54.6 Å². The molecule has 0 unspecified atom stereocenters. The van der Waals surface area contributed by atoms with Crippen LogP contribution >= 0.6 is 43.5 Å². The van der Waals surface area contributed by atoms with Crippen molar-refractivity contribution >= 4 is 54.4 Å². The van der Waals surface area contributed by atoms with E-state index in [4.69, 9.17) is 16.0 Å². The Kier molecular flexibility index (Phi) is 3.95. The number of fused-ring (bicyclic) bond motifs is 1. The maximum Gasteiger partial charge on any atom is 0.344 e. The molecule has 0 saturated heterocycles. The van der Waals surface area contributed by atoms with Crippen LogP contribution in [-0.2, 0) is 0 Å². The van der Waals surface area contributed by atoms with Crippen molar-refractivity contribution in [2.45, 2.75) is 6.92 Å². The molecule has 5 heteroatoms. The number of hydrogen-bond acceptors (Lipinski definition) is 2. The Morgan fingerprint density at radius 3 is 2.57 bits per heavy atom. The Bertz CT molecular complexity index is 916. The van der Waals surface area contributed by atoms with E-state index in [9.17, 15) is 4.79 Å². The van der Waals surface area contributed by atoms with Gasteiger partial charge in [-0.15, -0.1) is 0 Å². The Morgan fingerprint density at radius 2 is 1.86 bits per heavy atom. The molecule has 106 valence electrons. The first kappa shape index (κ1) is 14.8. The van der Waals surface area contributed by atoms with Crippen molar-refractivity contribution in [3.05, 3.63) is 66.3 Å². The van der Waals surface area contributed by atoms with Gasteiger partial charge in [0.15, 0.2) is 5.58 Å². The van der Waals surface area contributed by atoms with Crippen LogP contribution in [0.25, 0.3) is 22.1 Å². The predicted octanol–water partition coefficient (Wildman–Crippen LogP) is 5.95. The van der Waals surface area contributed by atoms with Crippen LogP contribution in [0.1, 0.15) is 5.56 Å². The minimum absolute atomic E-state index is 0.387. The van der Waals surface area contributed by atoms with Gasteiger partial charge in [0.2, 0.25) is 0 Å². The average Bonchev–Trinajstić information content (AvgIpc) is 2.40. The van der Waals surface area contributed by atoms with Gasteiger partial charge in [0.25, 0.3) is 0 Å². The fourth-order valence-corrected chi connectivity index (χ4v) is 3.60. The van der Waals surface area contributed by atoms with Gasteiger partial charge >= 0.3 is 5.63 Å². The molecular formula is C16H9Br2ClO2. The molecule has 0 aliphatic heterocycles. The number of halogens is 3. The molecule has 2 aromatic carbocycles. The highest BCUT2D eigenvalue weighted by Crippen LogP contribution is 2.33. The van der Waals surface area contributed by atoms with Gasteiger partial charge in [-0.25, -0.2) is 4.79 Å². The first-order valence-corrected chi connectivity index (χ1v) is 8.12. The molecule has 0 spiro atoms. The van der Waals surface area contributed by atoms with Crippen LogP contribution in [0.4, 0.5) is 0 Å². The molecule has 1 heterocycles. The monoisotopic (exact) mass is 426 g/mol. The van der Waals surface area contributed by atoms with E-state index >= 15 is 0 Å². The smallest absolute Gasteiger partial charge is 0.344 e. The Labute approximate surface area is 143 Å². The highest BCUT2D eigenvalue weighted by molar-refractivity contribution is 9.10. The van der Waals surface area contributed by atoms with Crippen molar-refractivity contribution in [1.82, 2.24) is 0 Å². The lowest BCUT2D eigenvalue weighted by atomic mass is 10.00. The zero-order valence-electron chi connectivity index (χ0n) is 10.9. The summed E-state index contributed by atoms with van der Waals surface area (Å²) in [5, 5.41) is 1.24.